The predicted octanol–water partition coefficient (Wildman–Crippen LogP) is 0.574. The van der Waals surface area contributed by atoms with Crippen LogP contribution >= 0.6 is 0 Å². The van der Waals surface area contributed by atoms with Gasteiger partial charge in [0.2, 0.25) is 0 Å². The number of nitrogens with zero attached hydrogens (tertiary/aromatic N) is 1. The molecule has 0 aromatic heterocycles. The predicted molar refractivity (Wildman–Crippen MR) is 45.3 cm³/mol. The average Bonchev–Trinajstić information content (AvgIpc) is 2.36. The number of nitrogens with one attached hydrogen (secondary N) is 1. The van der Waals surface area contributed by atoms with E-state index in [0.29, 0.717) is 12.6 Å². The van der Waals surface area contributed by atoms with Crippen molar-refractivity contribution in [2.45, 2.75) is 25.9 Å². The summed E-state index contributed by atoms with van der Waals surface area (Å²) in [5.41, 5.74) is 0. The van der Waals surface area contributed by atoms with Crippen LogP contribution in [0.3, 0.4) is 0 Å². The number of hydrogen-bond acceptors (Lipinski definition) is 3. The summed E-state index contributed by atoms with van der Waals surface area (Å²) in [5, 5.41) is 11.5. The summed E-state index contributed by atoms with van der Waals surface area (Å²) in [6, 6.07) is 0. The number of carboxylic acid groups (broad SMARTS) is 1. The van der Waals surface area contributed by atoms with Crippen molar-refractivity contribution < 1.29 is 9.90 Å². The fourth-order valence-corrected chi connectivity index (χ4v) is 1.18. The number of hydrogen-bond donors (Lipinski definition) is 2. The first-order chi connectivity index (χ1) is 5.70. The largest absolute Gasteiger partial charge is 0.481 e. The summed E-state index contributed by atoms with van der Waals surface area (Å²) in [4.78, 5) is 12.3. The Morgan fingerprint density at radius 2 is 2.50 bits per heavy atom. The fraction of sp³-hybridized carbons (Fsp3) is 0.625. The lowest BCUT2D eigenvalue weighted by Crippen LogP contribution is -2.32. The molecule has 1 aliphatic rings. The van der Waals surface area contributed by atoms with E-state index in [4.69, 9.17) is 5.11 Å². The number of aliphatic carboxylic acids is 1. The highest BCUT2D eigenvalue weighted by molar-refractivity contribution is 5.66. The normalized spacial score (nSPS) is 21.1. The molecule has 68 valence electrons. The topological polar surface area (TPSA) is 52.6 Å². The highest BCUT2D eigenvalue weighted by Crippen LogP contribution is 2.05. The van der Waals surface area contributed by atoms with Gasteiger partial charge in [0.05, 0.1) is 6.17 Å². The highest BCUT2D eigenvalue weighted by atomic mass is 16.4. The van der Waals surface area contributed by atoms with Gasteiger partial charge in [0.25, 0.3) is 0 Å². The fourth-order valence-electron chi connectivity index (χ4n) is 1.18. The maximum Gasteiger partial charge on any atom is 0.303 e. The molecule has 0 radical (unpaired) electrons. The molecule has 0 saturated heterocycles. The number of carbonyl (C=O) groups is 1. The van der Waals surface area contributed by atoms with Crippen molar-refractivity contribution in [2.24, 2.45) is 0 Å². The van der Waals surface area contributed by atoms with Gasteiger partial charge in [-0.05, 0) is 13.3 Å². The van der Waals surface area contributed by atoms with E-state index in [2.05, 4.69) is 10.2 Å². The Kier molecular flexibility index (Phi) is 2.96. The van der Waals surface area contributed by atoms with Gasteiger partial charge in [-0.1, -0.05) is 0 Å². The Morgan fingerprint density at radius 3 is 3.00 bits per heavy atom. The Morgan fingerprint density at radius 1 is 1.75 bits per heavy atom. The van der Waals surface area contributed by atoms with Crippen LogP contribution in [0.15, 0.2) is 12.4 Å². The average molecular weight is 170 g/mol. The Labute approximate surface area is 71.9 Å². The summed E-state index contributed by atoms with van der Waals surface area (Å²) in [7, 11) is 0. The summed E-state index contributed by atoms with van der Waals surface area (Å²) >= 11 is 0. The molecule has 2 N–H and O–H groups in total. The van der Waals surface area contributed by atoms with Crippen molar-refractivity contribution in [1.82, 2.24) is 10.2 Å². The van der Waals surface area contributed by atoms with Gasteiger partial charge in [0, 0.05) is 25.4 Å². The molecule has 0 aromatic rings. The lowest BCUT2D eigenvalue weighted by atomic mass is 10.3. The maximum atomic E-state index is 10.2. The minimum atomic E-state index is -0.723. The van der Waals surface area contributed by atoms with Crippen molar-refractivity contribution in [1.29, 1.82) is 0 Å². The zero-order valence-corrected chi connectivity index (χ0v) is 7.16. The van der Waals surface area contributed by atoms with Crippen LogP contribution in [0.1, 0.15) is 19.8 Å². The van der Waals surface area contributed by atoms with E-state index in [-0.39, 0.29) is 6.42 Å². The molecule has 1 heterocycles. The van der Waals surface area contributed by atoms with E-state index in [9.17, 15) is 4.79 Å². The molecule has 4 heteroatoms. The van der Waals surface area contributed by atoms with Crippen molar-refractivity contribution in [3.8, 4) is 0 Å². The molecule has 0 amide bonds. The smallest absolute Gasteiger partial charge is 0.303 e. The molecule has 0 aromatic carbocycles. The molecular weight excluding hydrogens is 156 g/mol. The zero-order valence-electron chi connectivity index (χ0n) is 7.16. The van der Waals surface area contributed by atoms with Crippen molar-refractivity contribution in [3.63, 3.8) is 0 Å². The first-order valence-electron chi connectivity index (χ1n) is 4.10. The molecule has 4 nitrogen and oxygen atoms in total. The van der Waals surface area contributed by atoms with Crippen LogP contribution in [0.5, 0.6) is 0 Å². The third-order valence-corrected chi connectivity index (χ3v) is 1.91. The lowest BCUT2D eigenvalue weighted by Gasteiger charge is -2.21. The number of rotatable bonds is 4. The Hall–Kier alpha value is -1.19. The second-order valence-electron chi connectivity index (χ2n) is 2.89. The van der Waals surface area contributed by atoms with Crippen molar-refractivity contribution >= 4 is 5.97 Å². The van der Waals surface area contributed by atoms with E-state index >= 15 is 0 Å². The van der Waals surface area contributed by atoms with E-state index < -0.39 is 5.97 Å². The van der Waals surface area contributed by atoms with Gasteiger partial charge >= 0.3 is 5.97 Å². The molecule has 1 atom stereocenters. The van der Waals surface area contributed by atoms with Gasteiger partial charge < -0.3 is 15.3 Å². The van der Waals surface area contributed by atoms with E-state index in [0.717, 1.165) is 6.54 Å². The first kappa shape index (κ1) is 8.90. The lowest BCUT2D eigenvalue weighted by molar-refractivity contribution is -0.137. The molecular formula is C8H14N2O2. The van der Waals surface area contributed by atoms with E-state index in [1.54, 1.807) is 0 Å². The Bertz CT molecular complexity index is 191. The zero-order chi connectivity index (χ0) is 8.97. The molecule has 0 bridgehead atoms. The van der Waals surface area contributed by atoms with Crippen LogP contribution in [0.4, 0.5) is 0 Å². The quantitative estimate of drug-likeness (QED) is 0.647. The highest BCUT2D eigenvalue weighted by Gasteiger charge is 2.12. The molecule has 1 unspecified atom stereocenters. The van der Waals surface area contributed by atoms with E-state index in [1.807, 2.05) is 19.3 Å². The third kappa shape index (κ3) is 2.45. The summed E-state index contributed by atoms with van der Waals surface area (Å²) < 4.78 is 0. The van der Waals surface area contributed by atoms with Crippen LogP contribution in [-0.4, -0.2) is 28.7 Å². The number of carboxylic acids is 1. The van der Waals surface area contributed by atoms with Crippen molar-refractivity contribution in [2.75, 3.05) is 6.54 Å². The van der Waals surface area contributed by atoms with Gasteiger partial charge in [-0.15, -0.1) is 0 Å². The molecule has 1 aliphatic heterocycles. The molecule has 0 spiro atoms. The summed E-state index contributed by atoms with van der Waals surface area (Å²) in [6.07, 6.45) is 5.08. The standard InChI is InChI=1S/C8H14N2O2/c1-7-9-4-6-10(7)5-2-3-8(11)12/h4,6-7,9H,2-3,5H2,1H3,(H,11,12). The van der Waals surface area contributed by atoms with Gasteiger partial charge in [-0.3, -0.25) is 4.79 Å². The summed E-state index contributed by atoms with van der Waals surface area (Å²) in [6.45, 7) is 2.84. The molecule has 12 heavy (non-hydrogen) atoms. The summed E-state index contributed by atoms with van der Waals surface area (Å²) in [5.74, 6) is -0.723. The van der Waals surface area contributed by atoms with Crippen LogP contribution in [-0.2, 0) is 4.79 Å². The molecule has 0 saturated carbocycles. The minimum Gasteiger partial charge on any atom is -0.481 e. The van der Waals surface area contributed by atoms with Crippen LogP contribution in [0.2, 0.25) is 0 Å². The SMILES string of the molecule is CC1NC=CN1CCCC(=O)O. The second-order valence-corrected chi connectivity index (χ2v) is 2.89. The molecule has 0 fully saturated rings. The van der Waals surface area contributed by atoms with Gasteiger partial charge in [0.1, 0.15) is 0 Å². The minimum absolute atomic E-state index is 0.247. The Balaban J connectivity index is 2.14. The van der Waals surface area contributed by atoms with Gasteiger partial charge in [-0.25, -0.2) is 0 Å². The second kappa shape index (κ2) is 3.99. The maximum absolute atomic E-state index is 10.2. The third-order valence-electron chi connectivity index (χ3n) is 1.91. The van der Waals surface area contributed by atoms with Crippen LogP contribution in [0.25, 0.3) is 0 Å². The van der Waals surface area contributed by atoms with Crippen LogP contribution in [0, 0.1) is 0 Å². The molecule has 0 aliphatic carbocycles. The van der Waals surface area contributed by atoms with Crippen LogP contribution < -0.4 is 5.32 Å². The van der Waals surface area contributed by atoms with Gasteiger partial charge in [0.15, 0.2) is 0 Å². The first-order valence-corrected chi connectivity index (χ1v) is 4.10. The van der Waals surface area contributed by atoms with Gasteiger partial charge in [-0.2, -0.15) is 0 Å². The van der Waals surface area contributed by atoms with E-state index in [1.165, 1.54) is 0 Å². The monoisotopic (exact) mass is 170 g/mol. The van der Waals surface area contributed by atoms with Crippen molar-refractivity contribution in [3.05, 3.63) is 12.4 Å². The molecule has 1 rings (SSSR count).